The van der Waals surface area contributed by atoms with E-state index in [9.17, 15) is 8.42 Å². The monoisotopic (exact) mass is 272 g/mol. The van der Waals surface area contributed by atoms with Crippen LogP contribution in [0.2, 0.25) is 0 Å². The molecule has 1 aromatic rings. The smallest absolute Gasteiger partial charge is 0.301 e. The lowest BCUT2D eigenvalue weighted by molar-refractivity contribution is 0.462. The standard InChI is InChI=1S/C11H20N4O2S/c1-10-11(6-4-8-13-10)14-18(16,17)15(3)9-5-7-12-2/h4,6,8,12,14H,5,7,9H2,1-3H3. The summed E-state index contributed by atoms with van der Waals surface area (Å²) in [6.45, 7) is 3.01. The summed E-state index contributed by atoms with van der Waals surface area (Å²) in [5, 5.41) is 2.98. The minimum Gasteiger partial charge on any atom is -0.320 e. The van der Waals surface area contributed by atoms with Gasteiger partial charge in [0.1, 0.15) is 0 Å². The van der Waals surface area contributed by atoms with Gasteiger partial charge in [0.15, 0.2) is 0 Å². The van der Waals surface area contributed by atoms with Crippen molar-refractivity contribution in [2.45, 2.75) is 13.3 Å². The molecular weight excluding hydrogens is 252 g/mol. The van der Waals surface area contributed by atoms with Gasteiger partial charge in [-0.15, -0.1) is 0 Å². The van der Waals surface area contributed by atoms with Gasteiger partial charge in [-0.25, -0.2) is 0 Å². The molecule has 1 rings (SSSR count). The lowest BCUT2D eigenvalue weighted by atomic mass is 10.3. The number of anilines is 1. The molecule has 102 valence electrons. The third-order valence-electron chi connectivity index (χ3n) is 2.56. The second-order valence-corrected chi connectivity index (χ2v) is 5.80. The zero-order chi connectivity index (χ0) is 13.6. The van der Waals surface area contributed by atoms with Crippen molar-refractivity contribution in [2.75, 3.05) is 31.9 Å². The van der Waals surface area contributed by atoms with E-state index in [4.69, 9.17) is 0 Å². The van der Waals surface area contributed by atoms with E-state index in [-0.39, 0.29) is 0 Å². The first kappa shape index (κ1) is 14.9. The van der Waals surface area contributed by atoms with Crippen molar-refractivity contribution in [3.05, 3.63) is 24.0 Å². The summed E-state index contributed by atoms with van der Waals surface area (Å²) >= 11 is 0. The highest BCUT2D eigenvalue weighted by atomic mass is 32.2. The first-order chi connectivity index (χ1) is 8.47. The first-order valence-corrected chi connectivity index (χ1v) is 7.21. The van der Waals surface area contributed by atoms with Crippen molar-refractivity contribution in [1.29, 1.82) is 0 Å². The van der Waals surface area contributed by atoms with Crippen molar-refractivity contribution in [3.8, 4) is 0 Å². The minimum atomic E-state index is -3.50. The van der Waals surface area contributed by atoms with E-state index in [0.29, 0.717) is 17.9 Å². The largest absolute Gasteiger partial charge is 0.320 e. The molecule has 0 saturated carbocycles. The fraction of sp³-hybridized carbons (Fsp3) is 0.545. The summed E-state index contributed by atoms with van der Waals surface area (Å²) < 4.78 is 27.9. The van der Waals surface area contributed by atoms with Gasteiger partial charge < -0.3 is 5.32 Å². The molecule has 1 heterocycles. The van der Waals surface area contributed by atoms with E-state index in [1.165, 1.54) is 4.31 Å². The number of aromatic nitrogens is 1. The van der Waals surface area contributed by atoms with E-state index in [1.54, 1.807) is 32.3 Å². The molecule has 6 nitrogen and oxygen atoms in total. The fourth-order valence-corrected chi connectivity index (χ4v) is 2.43. The lowest BCUT2D eigenvalue weighted by Crippen LogP contribution is -2.34. The molecule has 0 unspecified atom stereocenters. The van der Waals surface area contributed by atoms with Crippen LogP contribution in [0.15, 0.2) is 18.3 Å². The molecule has 7 heteroatoms. The van der Waals surface area contributed by atoms with Crippen LogP contribution in [-0.2, 0) is 10.2 Å². The molecule has 2 N–H and O–H groups in total. The Labute approximate surface area is 109 Å². The van der Waals surface area contributed by atoms with Gasteiger partial charge in [0.25, 0.3) is 0 Å². The number of rotatable bonds is 7. The van der Waals surface area contributed by atoms with E-state index >= 15 is 0 Å². The first-order valence-electron chi connectivity index (χ1n) is 5.77. The van der Waals surface area contributed by atoms with Crippen molar-refractivity contribution in [3.63, 3.8) is 0 Å². The van der Waals surface area contributed by atoms with Crippen molar-refractivity contribution >= 4 is 15.9 Å². The van der Waals surface area contributed by atoms with Crippen LogP contribution in [0.1, 0.15) is 12.1 Å². The molecule has 1 aromatic heterocycles. The van der Waals surface area contributed by atoms with Gasteiger partial charge in [-0.2, -0.15) is 12.7 Å². The molecule has 0 aromatic carbocycles. The molecule has 0 aliphatic heterocycles. The van der Waals surface area contributed by atoms with Gasteiger partial charge >= 0.3 is 10.2 Å². The van der Waals surface area contributed by atoms with Crippen molar-refractivity contribution < 1.29 is 8.42 Å². The van der Waals surface area contributed by atoms with Gasteiger partial charge in [-0.3, -0.25) is 9.71 Å². The predicted octanol–water partition coefficient (Wildman–Crippen LogP) is 0.588. The van der Waals surface area contributed by atoms with Crippen LogP contribution in [0.25, 0.3) is 0 Å². The maximum atomic E-state index is 12.0. The Balaban J connectivity index is 2.67. The van der Waals surface area contributed by atoms with E-state index < -0.39 is 10.2 Å². The fourth-order valence-electron chi connectivity index (χ4n) is 1.41. The Kier molecular flexibility index (Phi) is 5.52. The SMILES string of the molecule is CNCCCN(C)S(=O)(=O)Nc1cccnc1C. The maximum Gasteiger partial charge on any atom is 0.301 e. The Morgan fingerprint density at radius 3 is 2.78 bits per heavy atom. The normalized spacial score (nSPS) is 11.8. The third kappa shape index (κ3) is 4.25. The number of aryl methyl sites for hydroxylation is 1. The Morgan fingerprint density at radius 1 is 1.44 bits per heavy atom. The van der Waals surface area contributed by atoms with E-state index in [1.807, 2.05) is 7.05 Å². The van der Waals surface area contributed by atoms with Gasteiger partial charge in [-0.1, -0.05) is 0 Å². The molecule has 0 saturated heterocycles. The zero-order valence-corrected chi connectivity index (χ0v) is 11.8. The average Bonchev–Trinajstić information content (AvgIpc) is 2.32. The van der Waals surface area contributed by atoms with E-state index in [2.05, 4.69) is 15.0 Å². The highest BCUT2D eigenvalue weighted by Crippen LogP contribution is 2.13. The third-order valence-corrected chi connectivity index (χ3v) is 4.04. The quantitative estimate of drug-likeness (QED) is 0.712. The van der Waals surface area contributed by atoms with Crippen LogP contribution >= 0.6 is 0 Å². The molecule has 0 spiro atoms. The number of hydrogen-bond donors (Lipinski definition) is 2. The van der Waals surface area contributed by atoms with Crippen LogP contribution < -0.4 is 10.0 Å². The zero-order valence-electron chi connectivity index (χ0n) is 11.0. The second kappa shape index (κ2) is 6.67. The molecule has 18 heavy (non-hydrogen) atoms. The Morgan fingerprint density at radius 2 is 2.17 bits per heavy atom. The highest BCUT2D eigenvalue weighted by molar-refractivity contribution is 7.90. The summed E-state index contributed by atoms with van der Waals surface area (Å²) in [5.41, 5.74) is 1.17. The molecule has 0 atom stereocenters. The molecule has 0 radical (unpaired) electrons. The minimum absolute atomic E-state index is 0.468. The summed E-state index contributed by atoms with van der Waals surface area (Å²) in [6.07, 6.45) is 2.39. The second-order valence-electron chi connectivity index (χ2n) is 4.02. The lowest BCUT2D eigenvalue weighted by Gasteiger charge is -2.18. The van der Waals surface area contributed by atoms with Crippen LogP contribution in [0, 0.1) is 6.92 Å². The van der Waals surface area contributed by atoms with Gasteiger partial charge in [-0.05, 0) is 39.1 Å². The van der Waals surface area contributed by atoms with E-state index in [0.717, 1.165) is 13.0 Å². The van der Waals surface area contributed by atoms with Gasteiger partial charge in [0.2, 0.25) is 0 Å². The topological polar surface area (TPSA) is 74.3 Å². The number of pyridine rings is 1. The Bertz CT molecular complexity index is 476. The molecule has 0 fully saturated rings. The summed E-state index contributed by atoms with van der Waals surface area (Å²) in [5.74, 6) is 0. The van der Waals surface area contributed by atoms with Crippen LogP contribution in [0.3, 0.4) is 0 Å². The molecule has 0 aliphatic rings. The highest BCUT2D eigenvalue weighted by Gasteiger charge is 2.17. The van der Waals surface area contributed by atoms with Crippen LogP contribution in [0.4, 0.5) is 5.69 Å². The van der Waals surface area contributed by atoms with Gasteiger partial charge in [0, 0.05) is 19.8 Å². The molecular formula is C11H20N4O2S. The summed E-state index contributed by atoms with van der Waals surface area (Å²) in [7, 11) is -0.102. The predicted molar refractivity (Wildman–Crippen MR) is 72.7 cm³/mol. The maximum absolute atomic E-state index is 12.0. The summed E-state index contributed by atoms with van der Waals surface area (Å²) in [6, 6.07) is 3.40. The molecule has 0 aliphatic carbocycles. The van der Waals surface area contributed by atoms with Crippen molar-refractivity contribution in [2.24, 2.45) is 0 Å². The number of nitrogens with one attached hydrogen (secondary N) is 2. The average molecular weight is 272 g/mol. The Hall–Kier alpha value is -1.18. The number of nitrogens with zero attached hydrogens (tertiary/aromatic N) is 2. The summed E-state index contributed by atoms with van der Waals surface area (Å²) in [4.78, 5) is 4.04. The van der Waals surface area contributed by atoms with Crippen LogP contribution in [-0.4, -0.2) is 44.9 Å². The number of hydrogen-bond acceptors (Lipinski definition) is 4. The molecule has 0 bridgehead atoms. The molecule has 0 amide bonds. The van der Waals surface area contributed by atoms with Crippen LogP contribution in [0.5, 0.6) is 0 Å². The van der Waals surface area contributed by atoms with Crippen molar-refractivity contribution in [1.82, 2.24) is 14.6 Å². The van der Waals surface area contributed by atoms with Gasteiger partial charge in [0.05, 0.1) is 11.4 Å².